The van der Waals surface area contributed by atoms with Gasteiger partial charge < -0.3 is 10.6 Å². The zero-order valence-corrected chi connectivity index (χ0v) is 5.77. The highest BCUT2D eigenvalue weighted by Gasteiger charge is 2.19. The predicted octanol–water partition coefficient (Wildman–Crippen LogP) is -0.517. The lowest BCUT2D eigenvalue weighted by molar-refractivity contribution is -0.124. The Bertz CT molecular complexity index is 124. The number of rotatable bonds is 0. The predicted molar refractivity (Wildman–Crippen MR) is 35.1 cm³/mol. The Balaban J connectivity index is 2.44. The third-order valence-electron chi connectivity index (χ3n) is 1.51. The molecule has 1 saturated heterocycles. The molecule has 0 radical (unpaired) electrons. The molecule has 0 aromatic heterocycles. The first-order valence-corrected chi connectivity index (χ1v) is 3.24. The Morgan fingerprint density at radius 1 is 1.56 bits per heavy atom. The third kappa shape index (κ3) is 1.42. The van der Waals surface area contributed by atoms with Crippen LogP contribution in [0.25, 0.3) is 0 Å². The summed E-state index contributed by atoms with van der Waals surface area (Å²) in [5.41, 5.74) is 0. The summed E-state index contributed by atoms with van der Waals surface area (Å²) in [6.07, 6.45) is 0. The summed E-state index contributed by atoms with van der Waals surface area (Å²) in [6.45, 7) is 4.73. The molecule has 2 unspecified atom stereocenters. The fourth-order valence-corrected chi connectivity index (χ4v) is 0.865. The average Bonchev–Trinajstić information content (AvgIpc) is 1.80. The van der Waals surface area contributed by atoms with E-state index in [9.17, 15) is 4.79 Å². The SMILES string of the molecule is CC1CNC(C)C(=O)N1. The van der Waals surface area contributed by atoms with E-state index in [2.05, 4.69) is 10.6 Å². The smallest absolute Gasteiger partial charge is 0.237 e. The molecule has 2 N–H and O–H groups in total. The van der Waals surface area contributed by atoms with Gasteiger partial charge in [-0.15, -0.1) is 0 Å². The zero-order chi connectivity index (χ0) is 6.85. The second-order valence-corrected chi connectivity index (χ2v) is 2.54. The lowest BCUT2D eigenvalue weighted by Crippen LogP contribution is -2.55. The van der Waals surface area contributed by atoms with E-state index in [0.29, 0.717) is 0 Å². The van der Waals surface area contributed by atoms with Gasteiger partial charge in [0, 0.05) is 12.6 Å². The van der Waals surface area contributed by atoms with Gasteiger partial charge in [-0.25, -0.2) is 0 Å². The number of hydrogen-bond donors (Lipinski definition) is 2. The molecule has 1 aliphatic rings. The van der Waals surface area contributed by atoms with Crippen molar-refractivity contribution in [2.24, 2.45) is 0 Å². The Morgan fingerprint density at radius 3 is 2.67 bits per heavy atom. The first-order valence-electron chi connectivity index (χ1n) is 3.24. The molecule has 1 amide bonds. The topological polar surface area (TPSA) is 41.1 Å². The fourth-order valence-electron chi connectivity index (χ4n) is 0.865. The molecule has 0 spiro atoms. The van der Waals surface area contributed by atoms with Crippen molar-refractivity contribution in [1.82, 2.24) is 10.6 Å². The van der Waals surface area contributed by atoms with E-state index in [1.54, 1.807) is 0 Å². The highest BCUT2D eigenvalue weighted by Crippen LogP contribution is 1.91. The van der Waals surface area contributed by atoms with E-state index in [1.807, 2.05) is 13.8 Å². The molecule has 52 valence electrons. The monoisotopic (exact) mass is 128 g/mol. The Kier molecular flexibility index (Phi) is 1.71. The molecule has 0 aromatic carbocycles. The molecular formula is C6H12N2O. The fraction of sp³-hybridized carbons (Fsp3) is 0.833. The Labute approximate surface area is 54.8 Å². The summed E-state index contributed by atoms with van der Waals surface area (Å²) in [4.78, 5) is 10.8. The van der Waals surface area contributed by atoms with Crippen LogP contribution in [-0.2, 0) is 4.79 Å². The summed E-state index contributed by atoms with van der Waals surface area (Å²) in [5, 5.41) is 5.90. The third-order valence-corrected chi connectivity index (χ3v) is 1.51. The second kappa shape index (κ2) is 2.35. The van der Waals surface area contributed by atoms with Gasteiger partial charge >= 0.3 is 0 Å². The summed E-state index contributed by atoms with van der Waals surface area (Å²) >= 11 is 0. The van der Waals surface area contributed by atoms with Crippen molar-refractivity contribution in [2.45, 2.75) is 25.9 Å². The normalized spacial score (nSPS) is 36.0. The van der Waals surface area contributed by atoms with Gasteiger partial charge in [0.15, 0.2) is 0 Å². The molecule has 1 heterocycles. The number of carbonyl (C=O) groups is 1. The Morgan fingerprint density at radius 2 is 2.22 bits per heavy atom. The van der Waals surface area contributed by atoms with Crippen LogP contribution in [-0.4, -0.2) is 24.5 Å². The van der Waals surface area contributed by atoms with E-state index in [1.165, 1.54) is 0 Å². The van der Waals surface area contributed by atoms with Gasteiger partial charge in [0.05, 0.1) is 6.04 Å². The van der Waals surface area contributed by atoms with Gasteiger partial charge in [-0.1, -0.05) is 0 Å². The molecule has 1 rings (SSSR count). The van der Waals surface area contributed by atoms with Crippen LogP contribution in [0.4, 0.5) is 0 Å². The molecule has 0 bridgehead atoms. The maximum absolute atomic E-state index is 10.8. The maximum Gasteiger partial charge on any atom is 0.237 e. The highest BCUT2D eigenvalue weighted by molar-refractivity contribution is 5.82. The molecule has 0 saturated carbocycles. The van der Waals surface area contributed by atoms with Crippen LogP contribution >= 0.6 is 0 Å². The standard InChI is InChI=1S/C6H12N2O/c1-4-3-7-5(2)6(9)8-4/h4-5,7H,3H2,1-2H3,(H,8,9). The van der Waals surface area contributed by atoms with Crippen LogP contribution in [0.3, 0.4) is 0 Å². The summed E-state index contributed by atoms with van der Waals surface area (Å²) < 4.78 is 0. The first kappa shape index (κ1) is 6.55. The molecule has 3 heteroatoms. The Hall–Kier alpha value is -0.570. The van der Waals surface area contributed by atoms with Gasteiger partial charge in [-0.05, 0) is 13.8 Å². The van der Waals surface area contributed by atoms with Crippen molar-refractivity contribution in [3.63, 3.8) is 0 Å². The van der Waals surface area contributed by atoms with E-state index in [0.717, 1.165) is 6.54 Å². The van der Waals surface area contributed by atoms with Crippen molar-refractivity contribution in [3.8, 4) is 0 Å². The van der Waals surface area contributed by atoms with Gasteiger partial charge in [0.2, 0.25) is 5.91 Å². The highest BCUT2D eigenvalue weighted by atomic mass is 16.2. The van der Waals surface area contributed by atoms with Crippen molar-refractivity contribution >= 4 is 5.91 Å². The van der Waals surface area contributed by atoms with Crippen molar-refractivity contribution in [2.75, 3.05) is 6.54 Å². The summed E-state index contributed by atoms with van der Waals surface area (Å²) in [6, 6.07) is 0.273. The lowest BCUT2D eigenvalue weighted by Gasteiger charge is -2.25. The number of carbonyl (C=O) groups excluding carboxylic acids is 1. The van der Waals surface area contributed by atoms with Crippen molar-refractivity contribution in [1.29, 1.82) is 0 Å². The number of hydrogen-bond acceptors (Lipinski definition) is 2. The maximum atomic E-state index is 10.8. The summed E-state index contributed by atoms with van der Waals surface area (Å²) in [5.74, 6) is 0.105. The zero-order valence-electron chi connectivity index (χ0n) is 5.77. The van der Waals surface area contributed by atoms with Crippen LogP contribution in [0.15, 0.2) is 0 Å². The van der Waals surface area contributed by atoms with Crippen LogP contribution in [0, 0.1) is 0 Å². The minimum Gasteiger partial charge on any atom is -0.351 e. The molecule has 0 aliphatic carbocycles. The molecule has 2 atom stereocenters. The van der Waals surface area contributed by atoms with Crippen LogP contribution in [0.5, 0.6) is 0 Å². The van der Waals surface area contributed by atoms with E-state index < -0.39 is 0 Å². The van der Waals surface area contributed by atoms with Crippen molar-refractivity contribution in [3.05, 3.63) is 0 Å². The van der Waals surface area contributed by atoms with Gasteiger partial charge in [-0.3, -0.25) is 4.79 Å². The van der Waals surface area contributed by atoms with Crippen LogP contribution in [0.1, 0.15) is 13.8 Å². The quantitative estimate of drug-likeness (QED) is 0.461. The van der Waals surface area contributed by atoms with Crippen LogP contribution in [0.2, 0.25) is 0 Å². The molecule has 0 aromatic rings. The van der Waals surface area contributed by atoms with Crippen LogP contribution < -0.4 is 10.6 Å². The molecule has 1 fully saturated rings. The summed E-state index contributed by atoms with van der Waals surface area (Å²) in [7, 11) is 0. The molecule has 3 nitrogen and oxygen atoms in total. The number of piperazine rings is 1. The van der Waals surface area contributed by atoms with Gasteiger partial charge in [0.25, 0.3) is 0 Å². The van der Waals surface area contributed by atoms with Gasteiger partial charge in [-0.2, -0.15) is 0 Å². The number of nitrogens with one attached hydrogen (secondary N) is 2. The first-order chi connectivity index (χ1) is 4.20. The van der Waals surface area contributed by atoms with E-state index in [-0.39, 0.29) is 18.0 Å². The molecule has 9 heavy (non-hydrogen) atoms. The van der Waals surface area contributed by atoms with Crippen molar-refractivity contribution < 1.29 is 4.79 Å². The largest absolute Gasteiger partial charge is 0.351 e. The molecule has 1 aliphatic heterocycles. The van der Waals surface area contributed by atoms with Gasteiger partial charge in [0.1, 0.15) is 0 Å². The van der Waals surface area contributed by atoms with E-state index >= 15 is 0 Å². The lowest BCUT2D eigenvalue weighted by atomic mass is 10.2. The molecular weight excluding hydrogens is 116 g/mol. The second-order valence-electron chi connectivity index (χ2n) is 2.54. The average molecular weight is 128 g/mol. The minimum atomic E-state index is -0.0128. The number of amides is 1. The minimum absolute atomic E-state index is 0.0128. The van der Waals surface area contributed by atoms with E-state index in [4.69, 9.17) is 0 Å².